The fraction of sp³-hybridized carbons (Fsp3) is 0.643. The van der Waals surface area contributed by atoms with Gasteiger partial charge in [-0.15, -0.1) is 0 Å². The molecule has 0 saturated carbocycles. The number of ether oxygens (including phenoxy) is 1. The highest BCUT2D eigenvalue weighted by Gasteiger charge is 2.58. The van der Waals surface area contributed by atoms with Crippen molar-refractivity contribution in [2.45, 2.75) is 50.0 Å². The maximum atomic E-state index is 12.4. The van der Waals surface area contributed by atoms with Crippen LogP contribution >= 0.6 is 0 Å². The Hall–Kier alpha value is -2.22. The summed E-state index contributed by atoms with van der Waals surface area (Å²) in [5.41, 5.74) is -2.41. The zero-order valence-electron chi connectivity index (χ0n) is 14.0. The number of nitrogens with zero attached hydrogens (tertiary/aromatic N) is 1. The maximum absolute atomic E-state index is 12.4. The second-order valence-corrected chi connectivity index (χ2v) is 5.87. The molecule has 1 saturated heterocycles. The Bertz CT molecular complexity index is 793. The molecule has 0 bridgehead atoms. The van der Waals surface area contributed by atoms with E-state index in [1.807, 2.05) is 4.98 Å². The smallest absolute Gasteiger partial charge is 0.394 e. The molecule has 0 aromatic carbocycles. The first kappa shape index (κ1) is 21.1. The predicted molar refractivity (Wildman–Crippen MR) is 81.2 cm³/mol. The van der Waals surface area contributed by atoms with Crippen molar-refractivity contribution in [2.75, 3.05) is 6.61 Å². The number of aromatic amines is 1. The van der Waals surface area contributed by atoms with Gasteiger partial charge in [-0.05, 0) is 6.42 Å². The van der Waals surface area contributed by atoms with Crippen LogP contribution in [0.5, 0.6) is 0 Å². The summed E-state index contributed by atoms with van der Waals surface area (Å²) in [5.74, 6) is -2.43. The van der Waals surface area contributed by atoms with E-state index in [-0.39, 0.29) is 6.42 Å². The monoisotopic (exact) mass is 397 g/mol. The van der Waals surface area contributed by atoms with Crippen LogP contribution in [-0.2, 0) is 20.1 Å². The van der Waals surface area contributed by atoms with Gasteiger partial charge in [-0.25, -0.2) is 10.3 Å². The average Bonchev–Trinajstić information content (AvgIpc) is 2.84. The van der Waals surface area contributed by atoms with Crippen molar-refractivity contribution in [1.29, 1.82) is 0 Å². The van der Waals surface area contributed by atoms with Crippen LogP contribution in [0.25, 0.3) is 0 Å². The standard InChI is InChI=1S/C14H18F3N3O7/c1-2-4-13(20-5-3-8(22)18-12(20)25)10(9(23)7(6-21)26-13)27-19-11(24)14(15,16)17/h3,5,7,9-10,21,23H,2,4,6H2,1H3,(H,19,24)(H,18,22,25)/t7-,9-,10-,13-/m1/s1. The van der Waals surface area contributed by atoms with Gasteiger partial charge in [0.1, 0.15) is 12.2 Å². The van der Waals surface area contributed by atoms with E-state index in [9.17, 15) is 37.8 Å². The average molecular weight is 397 g/mol. The van der Waals surface area contributed by atoms with Crippen LogP contribution in [-0.4, -0.2) is 56.8 Å². The zero-order chi connectivity index (χ0) is 20.4. The van der Waals surface area contributed by atoms with Crippen molar-refractivity contribution in [3.8, 4) is 0 Å². The Morgan fingerprint density at radius 2 is 2.15 bits per heavy atom. The van der Waals surface area contributed by atoms with Gasteiger partial charge in [0, 0.05) is 12.3 Å². The third-order valence-electron chi connectivity index (χ3n) is 4.05. The van der Waals surface area contributed by atoms with Crippen molar-refractivity contribution in [2.24, 2.45) is 0 Å². The molecular formula is C14H18F3N3O7. The first-order valence-electron chi connectivity index (χ1n) is 7.89. The number of hydrogen-bond acceptors (Lipinski definition) is 7. The van der Waals surface area contributed by atoms with Crippen molar-refractivity contribution in [3.05, 3.63) is 33.1 Å². The molecule has 1 fully saturated rings. The number of amides is 1. The van der Waals surface area contributed by atoms with E-state index in [1.165, 1.54) is 5.48 Å². The summed E-state index contributed by atoms with van der Waals surface area (Å²) < 4.78 is 43.6. The lowest BCUT2D eigenvalue weighted by Gasteiger charge is -2.35. The fourth-order valence-electron chi connectivity index (χ4n) is 2.93. The van der Waals surface area contributed by atoms with E-state index >= 15 is 0 Å². The van der Waals surface area contributed by atoms with Gasteiger partial charge in [-0.2, -0.15) is 13.2 Å². The topological polar surface area (TPSA) is 143 Å². The zero-order valence-corrected chi connectivity index (χ0v) is 14.0. The molecule has 1 amide bonds. The number of alkyl halides is 3. The van der Waals surface area contributed by atoms with Crippen molar-refractivity contribution >= 4 is 5.91 Å². The molecule has 1 aliphatic heterocycles. The predicted octanol–water partition coefficient (Wildman–Crippen LogP) is -1.28. The van der Waals surface area contributed by atoms with Gasteiger partial charge in [-0.1, -0.05) is 13.3 Å². The third-order valence-corrected chi connectivity index (χ3v) is 4.05. The van der Waals surface area contributed by atoms with Gasteiger partial charge < -0.3 is 14.9 Å². The van der Waals surface area contributed by atoms with Gasteiger partial charge in [0.25, 0.3) is 5.56 Å². The molecule has 13 heteroatoms. The van der Waals surface area contributed by atoms with Crippen molar-refractivity contribution < 1.29 is 37.8 Å². The number of hydrogen-bond donors (Lipinski definition) is 4. The molecule has 4 N–H and O–H groups in total. The van der Waals surface area contributed by atoms with Crippen LogP contribution in [0.15, 0.2) is 21.9 Å². The van der Waals surface area contributed by atoms with Crippen LogP contribution in [0.4, 0.5) is 13.2 Å². The van der Waals surface area contributed by atoms with Gasteiger partial charge >= 0.3 is 17.8 Å². The van der Waals surface area contributed by atoms with E-state index in [0.717, 1.165) is 16.8 Å². The highest BCUT2D eigenvalue weighted by molar-refractivity contribution is 5.80. The van der Waals surface area contributed by atoms with E-state index in [2.05, 4.69) is 0 Å². The van der Waals surface area contributed by atoms with Crippen molar-refractivity contribution in [3.63, 3.8) is 0 Å². The largest absolute Gasteiger partial charge is 0.473 e. The number of nitrogens with one attached hydrogen (secondary N) is 2. The van der Waals surface area contributed by atoms with Crippen LogP contribution in [0.3, 0.4) is 0 Å². The number of hydroxylamine groups is 1. The van der Waals surface area contributed by atoms with E-state index in [1.54, 1.807) is 6.92 Å². The van der Waals surface area contributed by atoms with E-state index in [0.29, 0.717) is 6.42 Å². The summed E-state index contributed by atoms with van der Waals surface area (Å²) in [6.07, 6.45) is -8.67. The highest BCUT2D eigenvalue weighted by Crippen LogP contribution is 2.40. The molecule has 2 rings (SSSR count). The number of aromatic nitrogens is 2. The molecule has 1 aromatic rings. The molecule has 10 nitrogen and oxygen atoms in total. The van der Waals surface area contributed by atoms with Crippen LogP contribution in [0, 0.1) is 0 Å². The molecule has 0 unspecified atom stereocenters. The summed E-state index contributed by atoms with van der Waals surface area (Å²) in [6.45, 7) is 0.920. The first-order chi connectivity index (χ1) is 12.6. The second-order valence-electron chi connectivity index (χ2n) is 5.87. The van der Waals surface area contributed by atoms with Crippen molar-refractivity contribution in [1.82, 2.24) is 15.0 Å². The lowest BCUT2D eigenvalue weighted by atomic mass is 9.97. The number of rotatable bonds is 6. The molecular weight excluding hydrogens is 379 g/mol. The number of carbonyl (C=O) groups is 1. The molecule has 1 aliphatic rings. The SMILES string of the molecule is CCC[C@@]1(n2ccc(=O)[nH]c2=O)O[C@H](CO)[C@@H](O)[C@H]1ONC(=O)C(F)(F)F. The minimum absolute atomic E-state index is 0.0565. The lowest BCUT2D eigenvalue weighted by Crippen LogP contribution is -2.55. The maximum Gasteiger partial charge on any atom is 0.473 e. The molecule has 152 valence electrons. The summed E-state index contributed by atoms with van der Waals surface area (Å²) >= 11 is 0. The number of halogens is 3. The van der Waals surface area contributed by atoms with Crippen LogP contribution in [0.2, 0.25) is 0 Å². The summed E-state index contributed by atoms with van der Waals surface area (Å²) in [5, 5.41) is 19.7. The van der Waals surface area contributed by atoms with Crippen LogP contribution in [0.1, 0.15) is 19.8 Å². The Balaban J connectivity index is 2.48. The molecule has 1 aromatic heterocycles. The number of aliphatic hydroxyl groups excluding tert-OH is 2. The fourth-order valence-corrected chi connectivity index (χ4v) is 2.93. The minimum atomic E-state index is -5.25. The molecule has 0 aliphatic carbocycles. The number of carbonyl (C=O) groups excluding carboxylic acids is 1. The highest BCUT2D eigenvalue weighted by atomic mass is 19.4. The van der Waals surface area contributed by atoms with Gasteiger partial charge in [0.2, 0.25) is 0 Å². The second kappa shape index (κ2) is 7.80. The molecule has 4 atom stereocenters. The summed E-state index contributed by atoms with van der Waals surface area (Å²) in [6, 6.07) is 0.964. The number of aliphatic hydroxyl groups is 2. The quantitative estimate of drug-likeness (QED) is 0.438. The molecule has 27 heavy (non-hydrogen) atoms. The van der Waals surface area contributed by atoms with E-state index in [4.69, 9.17) is 9.57 Å². The van der Waals surface area contributed by atoms with Gasteiger partial charge in [0.15, 0.2) is 11.8 Å². The molecule has 2 heterocycles. The minimum Gasteiger partial charge on any atom is -0.394 e. The Morgan fingerprint density at radius 1 is 1.48 bits per heavy atom. The Kier molecular flexibility index (Phi) is 6.09. The first-order valence-corrected chi connectivity index (χ1v) is 7.89. The van der Waals surface area contributed by atoms with Crippen LogP contribution < -0.4 is 16.7 Å². The lowest BCUT2D eigenvalue weighted by molar-refractivity contribution is -0.212. The summed E-state index contributed by atoms with van der Waals surface area (Å²) in [7, 11) is 0. The molecule has 0 spiro atoms. The van der Waals surface area contributed by atoms with Gasteiger partial charge in [-0.3, -0.25) is 24.0 Å². The molecule has 0 radical (unpaired) electrons. The third kappa shape index (κ3) is 4.05. The summed E-state index contributed by atoms with van der Waals surface area (Å²) in [4.78, 5) is 41.3. The Labute approximate surface area is 149 Å². The Morgan fingerprint density at radius 3 is 2.67 bits per heavy atom. The van der Waals surface area contributed by atoms with E-state index < -0.39 is 54.0 Å². The van der Waals surface area contributed by atoms with Gasteiger partial charge in [0.05, 0.1) is 6.61 Å². The normalized spacial score (nSPS) is 28.3. The number of H-pyrrole nitrogens is 1.